The quantitative estimate of drug-likeness (QED) is 0.411. The van der Waals surface area contributed by atoms with Crippen molar-refractivity contribution in [2.45, 2.75) is 78.2 Å². The normalized spacial score (nSPS) is 13.5. The van der Waals surface area contributed by atoms with Gasteiger partial charge in [-0.15, -0.1) is 0 Å². The van der Waals surface area contributed by atoms with Gasteiger partial charge in [-0.05, 0) is 32.6 Å². The van der Waals surface area contributed by atoms with Crippen LogP contribution in [0.1, 0.15) is 72.6 Å². The molecule has 0 saturated heterocycles. The van der Waals surface area contributed by atoms with Crippen LogP contribution < -0.4 is 0 Å². The van der Waals surface area contributed by atoms with Crippen LogP contribution >= 0.6 is 0 Å². The lowest BCUT2D eigenvalue weighted by Crippen LogP contribution is -2.33. The van der Waals surface area contributed by atoms with E-state index in [1.807, 2.05) is 13.8 Å². The molecule has 0 aromatic heterocycles. The Labute approximate surface area is 101 Å². The van der Waals surface area contributed by atoms with Gasteiger partial charge in [0.05, 0.1) is 0 Å². The second-order valence-electron chi connectivity index (χ2n) is 5.13. The summed E-state index contributed by atoms with van der Waals surface area (Å²) in [4.78, 5) is 10.4. The molecule has 0 radical (unpaired) electrons. The largest absolute Gasteiger partial charge is 0.462 e. The first-order valence-corrected chi connectivity index (χ1v) is 6.69. The van der Waals surface area contributed by atoms with Gasteiger partial charge in [0.15, 0.2) is 0 Å². The Morgan fingerprint density at radius 3 is 2.25 bits per heavy atom. The molecule has 1 unspecified atom stereocenters. The molecule has 16 heavy (non-hydrogen) atoms. The number of carbonyl (C=O) groups excluding carboxylic acids is 1. The molecule has 0 aromatic carbocycles. The fourth-order valence-electron chi connectivity index (χ4n) is 2.26. The van der Waals surface area contributed by atoms with Crippen LogP contribution in [-0.2, 0) is 9.53 Å². The van der Waals surface area contributed by atoms with E-state index in [-0.39, 0.29) is 5.60 Å². The zero-order valence-corrected chi connectivity index (χ0v) is 11.4. The molecular formula is C14H28O2. The average Bonchev–Trinajstić information content (AvgIpc) is 2.23. The highest BCUT2D eigenvalue weighted by atomic mass is 16.5. The summed E-state index contributed by atoms with van der Waals surface area (Å²) in [5.41, 5.74) is -0.304. The molecule has 0 spiro atoms. The van der Waals surface area contributed by atoms with Gasteiger partial charge in [0, 0.05) is 0 Å². The van der Waals surface area contributed by atoms with Crippen molar-refractivity contribution in [1.82, 2.24) is 0 Å². The summed E-state index contributed by atoms with van der Waals surface area (Å²) in [6.45, 7) is 9.02. The third-order valence-electron chi connectivity index (χ3n) is 3.48. The molecule has 0 N–H and O–H groups in total. The lowest BCUT2D eigenvalue weighted by Gasteiger charge is -2.32. The third kappa shape index (κ3) is 6.14. The summed E-state index contributed by atoms with van der Waals surface area (Å²) >= 11 is 0. The van der Waals surface area contributed by atoms with Crippen molar-refractivity contribution in [3.63, 3.8) is 0 Å². The van der Waals surface area contributed by atoms with Crippen molar-refractivity contribution in [2.24, 2.45) is 5.92 Å². The highest BCUT2D eigenvalue weighted by Gasteiger charge is 2.28. The Hall–Kier alpha value is -0.530. The van der Waals surface area contributed by atoms with Gasteiger partial charge in [0.2, 0.25) is 0 Å². The lowest BCUT2D eigenvalue weighted by molar-refractivity contribution is -0.145. The van der Waals surface area contributed by atoms with Crippen molar-refractivity contribution in [3.8, 4) is 0 Å². The van der Waals surface area contributed by atoms with Gasteiger partial charge < -0.3 is 4.74 Å². The van der Waals surface area contributed by atoms with E-state index >= 15 is 0 Å². The van der Waals surface area contributed by atoms with Crippen LogP contribution in [0.4, 0.5) is 0 Å². The minimum Gasteiger partial charge on any atom is -0.462 e. The fourth-order valence-corrected chi connectivity index (χ4v) is 2.26. The second kappa shape index (κ2) is 8.60. The molecule has 0 bridgehead atoms. The van der Waals surface area contributed by atoms with Crippen LogP contribution in [0.3, 0.4) is 0 Å². The first kappa shape index (κ1) is 15.5. The summed E-state index contributed by atoms with van der Waals surface area (Å²) in [5.74, 6) is 0.485. The minimum atomic E-state index is -0.304. The van der Waals surface area contributed by atoms with Gasteiger partial charge >= 0.3 is 0 Å². The molecule has 2 nitrogen and oxygen atoms in total. The van der Waals surface area contributed by atoms with Gasteiger partial charge in [0.25, 0.3) is 6.47 Å². The van der Waals surface area contributed by atoms with Crippen LogP contribution in [-0.4, -0.2) is 12.1 Å². The fraction of sp³-hybridized carbons (Fsp3) is 0.929. The second-order valence-corrected chi connectivity index (χ2v) is 5.13. The van der Waals surface area contributed by atoms with Gasteiger partial charge in [-0.2, -0.15) is 0 Å². The topological polar surface area (TPSA) is 26.3 Å². The molecule has 1 atom stereocenters. The highest BCUT2D eigenvalue weighted by Crippen LogP contribution is 2.28. The molecule has 0 heterocycles. The van der Waals surface area contributed by atoms with Crippen LogP contribution in [0.15, 0.2) is 0 Å². The summed E-state index contributed by atoms with van der Waals surface area (Å²) < 4.78 is 5.18. The van der Waals surface area contributed by atoms with Crippen molar-refractivity contribution in [1.29, 1.82) is 0 Å². The minimum absolute atomic E-state index is 0.304. The van der Waals surface area contributed by atoms with Gasteiger partial charge in [0.1, 0.15) is 5.60 Å². The molecule has 0 aliphatic carbocycles. The molecule has 96 valence electrons. The molecule has 0 saturated carbocycles. The number of hydrogen-bond donors (Lipinski definition) is 0. The number of hydrogen-bond acceptors (Lipinski definition) is 2. The van der Waals surface area contributed by atoms with E-state index in [9.17, 15) is 4.79 Å². The molecule has 0 rings (SSSR count). The highest BCUT2D eigenvalue weighted by molar-refractivity contribution is 5.38. The predicted octanol–water partition coefficient (Wildman–Crippen LogP) is 4.32. The molecule has 0 aromatic rings. The van der Waals surface area contributed by atoms with E-state index in [1.54, 1.807) is 0 Å². The maximum Gasteiger partial charge on any atom is 0.293 e. The summed E-state index contributed by atoms with van der Waals surface area (Å²) in [7, 11) is 0. The van der Waals surface area contributed by atoms with Crippen LogP contribution in [0, 0.1) is 5.92 Å². The van der Waals surface area contributed by atoms with E-state index < -0.39 is 0 Å². The standard InChI is InChI=1S/C14H28O2/c1-5-7-8-9-10-11-13(6-2)14(3,4)16-12-15/h12-13H,5-11H2,1-4H3. The Bertz CT molecular complexity index is 176. The SMILES string of the molecule is CCCCCCCC(CC)C(C)(C)OC=O. The van der Waals surface area contributed by atoms with Crippen molar-refractivity contribution in [3.05, 3.63) is 0 Å². The van der Waals surface area contributed by atoms with Crippen molar-refractivity contribution >= 4 is 6.47 Å². The number of rotatable bonds is 10. The maximum absolute atomic E-state index is 10.4. The smallest absolute Gasteiger partial charge is 0.293 e. The zero-order chi connectivity index (χ0) is 12.4. The number of carbonyl (C=O) groups is 1. The Kier molecular flexibility index (Phi) is 8.32. The van der Waals surface area contributed by atoms with Crippen LogP contribution in [0.25, 0.3) is 0 Å². The Morgan fingerprint density at radius 2 is 1.75 bits per heavy atom. The number of unbranched alkanes of at least 4 members (excludes halogenated alkanes) is 4. The van der Waals surface area contributed by atoms with E-state index in [2.05, 4.69) is 13.8 Å². The van der Waals surface area contributed by atoms with E-state index in [0.29, 0.717) is 12.4 Å². The monoisotopic (exact) mass is 228 g/mol. The van der Waals surface area contributed by atoms with Crippen LogP contribution in [0.2, 0.25) is 0 Å². The zero-order valence-electron chi connectivity index (χ0n) is 11.4. The number of ether oxygens (including phenoxy) is 1. The van der Waals surface area contributed by atoms with Crippen molar-refractivity contribution in [2.75, 3.05) is 0 Å². The van der Waals surface area contributed by atoms with Crippen molar-refractivity contribution < 1.29 is 9.53 Å². The average molecular weight is 228 g/mol. The summed E-state index contributed by atoms with van der Waals surface area (Å²) in [5, 5.41) is 0. The van der Waals surface area contributed by atoms with E-state index in [0.717, 1.165) is 6.42 Å². The van der Waals surface area contributed by atoms with Gasteiger partial charge in [-0.3, -0.25) is 4.79 Å². The maximum atomic E-state index is 10.4. The predicted molar refractivity (Wildman–Crippen MR) is 68.4 cm³/mol. The molecule has 0 fully saturated rings. The lowest BCUT2D eigenvalue weighted by atomic mass is 9.84. The molecule has 0 amide bonds. The first-order valence-electron chi connectivity index (χ1n) is 6.69. The van der Waals surface area contributed by atoms with Crippen LogP contribution in [0.5, 0.6) is 0 Å². The van der Waals surface area contributed by atoms with E-state index in [1.165, 1.54) is 38.5 Å². The third-order valence-corrected chi connectivity index (χ3v) is 3.48. The van der Waals surface area contributed by atoms with E-state index in [4.69, 9.17) is 4.74 Å². The van der Waals surface area contributed by atoms with Gasteiger partial charge in [-0.1, -0.05) is 46.0 Å². The molecule has 0 aliphatic rings. The Morgan fingerprint density at radius 1 is 1.12 bits per heavy atom. The molecule has 2 heteroatoms. The summed E-state index contributed by atoms with van der Waals surface area (Å²) in [6.07, 6.45) is 8.77. The summed E-state index contributed by atoms with van der Waals surface area (Å²) in [6, 6.07) is 0. The molecular weight excluding hydrogens is 200 g/mol. The Balaban J connectivity index is 3.86. The van der Waals surface area contributed by atoms with Gasteiger partial charge in [-0.25, -0.2) is 0 Å². The molecule has 0 aliphatic heterocycles. The first-order chi connectivity index (χ1) is 7.58.